The SMILES string of the molecule is NC(=O)C1CCN(C(=O)COC(=O)c2cc(Cl)ccc2O)CC1. The van der Waals surface area contributed by atoms with Crippen LogP contribution in [0.4, 0.5) is 0 Å². The Morgan fingerprint density at radius 3 is 2.57 bits per heavy atom. The second-order valence-corrected chi connectivity index (χ2v) is 5.73. The first-order chi connectivity index (χ1) is 10.9. The van der Waals surface area contributed by atoms with E-state index in [0.29, 0.717) is 25.9 Å². The lowest BCUT2D eigenvalue weighted by molar-refractivity contribution is -0.137. The van der Waals surface area contributed by atoms with Crippen LogP contribution in [0.15, 0.2) is 18.2 Å². The molecule has 1 fully saturated rings. The minimum atomic E-state index is -0.828. The lowest BCUT2D eigenvalue weighted by Gasteiger charge is -2.30. The summed E-state index contributed by atoms with van der Waals surface area (Å²) in [6.45, 7) is 0.352. The molecule has 0 aromatic heterocycles. The van der Waals surface area contributed by atoms with Crippen LogP contribution in [0.2, 0.25) is 5.02 Å². The standard InChI is InChI=1S/C15H17ClN2O5/c16-10-1-2-12(19)11(7-10)15(22)23-8-13(20)18-5-3-9(4-6-18)14(17)21/h1-2,7,9,19H,3-6,8H2,(H2,17,21). The van der Waals surface area contributed by atoms with Crippen LogP contribution >= 0.6 is 11.6 Å². The van der Waals surface area contributed by atoms with E-state index in [-0.39, 0.29) is 34.1 Å². The first-order valence-corrected chi connectivity index (χ1v) is 7.49. The number of nitrogens with two attached hydrogens (primary N) is 1. The molecular weight excluding hydrogens is 324 g/mol. The smallest absolute Gasteiger partial charge is 0.342 e. The summed E-state index contributed by atoms with van der Waals surface area (Å²) in [5.41, 5.74) is 5.13. The molecule has 0 bridgehead atoms. The highest BCUT2D eigenvalue weighted by atomic mass is 35.5. The van der Waals surface area contributed by atoms with Crippen molar-refractivity contribution in [3.05, 3.63) is 28.8 Å². The van der Waals surface area contributed by atoms with Gasteiger partial charge in [0.1, 0.15) is 11.3 Å². The van der Waals surface area contributed by atoms with Crippen molar-refractivity contribution in [2.75, 3.05) is 19.7 Å². The van der Waals surface area contributed by atoms with E-state index in [1.807, 2.05) is 0 Å². The molecule has 0 radical (unpaired) electrons. The number of rotatable bonds is 4. The van der Waals surface area contributed by atoms with E-state index in [1.54, 1.807) is 0 Å². The quantitative estimate of drug-likeness (QED) is 0.792. The third kappa shape index (κ3) is 4.35. The molecule has 1 aromatic rings. The zero-order valence-corrected chi connectivity index (χ0v) is 13.1. The van der Waals surface area contributed by atoms with Gasteiger partial charge in [0.05, 0.1) is 0 Å². The Kier molecular flexibility index (Phi) is 5.44. The van der Waals surface area contributed by atoms with E-state index in [0.717, 1.165) is 0 Å². The van der Waals surface area contributed by atoms with Crippen LogP contribution in [-0.4, -0.2) is 47.5 Å². The van der Waals surface area contributed by atoms with Crippen LogP contribution in [0.5, 0.6) is 5.75 Å². The molecule has 1 saturated heterocycles. The Hall–Kier alpha value is -2.28. The number of benzene rings is 1. The van der Waals surface area contributed by atoms with Crippen molar-refractivity contribution in [3.63, 3.8) is 0 Å². The van der Waals surface area contributed by atoms with Crippen LogP contribution in [0.1, 0.15) is 23.2 Å². The highest BCUT2D eigenvalue weighted by molar-refractivity contribution is 6.31. The van der Waals surface area contributed by atoms with Gasteiger partial charge in [0.25, 0.3) is 5.91 Å². The van der Waals surface area contributed by atoms with Gasteiger partial charge in [-0.1, -0.05) is 11.6 Å². The van der Waals surface area contributed by atoms with Crippen LogP contribution < -0.4 is 5.73 Å². The number of halogens is 1. The fourth-order valence-corrected chi connectivity index (χ4v) is 2.55. The van der Waals surface area contributed by atoms with E-state index in [4.69, 9.17) is 22.1 Å². The molecule has 2 amide bonds. The number of esters is 1. The number of carbonyl (C=O) groups excluding carboxylic acids is 3. The average Bonchev–Trinajstić information content (AvgIpc) is 2.54. The lowest BCUT2D eigenvalue weighted by atomic mass is 9.96. The molecular formula is C15H17ClN2O5. The van der Waals surface area contributed by atoms with Crippen molar-refractivity contribution in [1.29, 1.82) is 0 Å². The Morgan fingerprint density at radius 2 is 1.96 bits per heavy atom. The number of piperidine rings is 1. The molecule has 1 aliphatic rings. The molecule has 0 unspecified atom stereocenters. The maximum Gasteiger partial charge on any atom is 0.342 e. The van der Waals surface area contributed by atoms with Gasteiger partial charge in [-0.15, -0.1) is 0 Å². The van der Waals surface area contributed by atoms with Gasteiger partial charge in [-0.3, -0.25) is 9.59 Å². The van der Waals surface area contributed by atoms with Crippen molar-refractivity contribution in [3.8, 4) is 5.75 Å². The summed E-state index contributed by atoms with van der Waals surface area (Å²) in [6.07, 6.45) is 1.01. The first-order valence-electron chi connectivity index (χ1n) is 7.11. The maximum atomic E-state index is 12.0. The van der Waals surface area contributed by atoms with Gasteiger partial charge >= 0.3 is 5.97 Å². The number of nitrogens with zero attached hydrogens (tertiary/aromatic N) is 1. The monoisotopic (exact) mass is 340 g/mol. The zero-order valence-electron chi connectivity index (χ0n) is 12.3. The Balaban J connectivity index is 1.86. The van der Waals surface area contributed by atoms with Crippen molar-refractivity contribution >= 4 is 29.4 Å². The minimum absolute atomic E-state index is 0.0993. The van der Waals surface area contributed by atoms with Crippen molar-refractivity contribution < 1.29 is 24.2 Å². The third-order valence-corrected chi connectivity index (χ3v) is 3.99. The highest BCUT2D eigenvalue weighted by Gasteiger charge is 2.26. The number of hydrogen-bond acceptors (Lipinski definition) is 5. The molecule has 0 spiro atoms. The fraction of sp³-hybridized carbons (Fsp3) is 0.400. The normalized spacial score (nSPS) is 15.3. The predicted octanol–water partition coefficient (Wildman–Crippen LogP) is 0.926. The molecule has 2 rings (SSSR count). The van der Waals surface area contributed by atoms with E-state index in [1.165, 1.54) is 23.1 Å². The van der Waals surface area contributed by atoms with Crippen molar-refractivity contribution in [1.82, 2.24) is 4.90 Å². The van der Waals surface area contributed by atoms with E-state index in [9.17, 15) is 19.5 Å². The third-order valence-electron chi connectivity index (χ3n) is 3.76. The van der Waals surface area contributed by atoms with Crippen molar-refractivity contribution in [2.45, 2.75) is 12.8 Å². The molecule has 0 saturated carbocycles. The molecule has 0 aliphatic carbocycles. The second kappa shape index (κ2) is 7.32. The van der Waals surface area contributed by atoms with Crippen LogP contribution in [0.25, 0.3) is 0 Å². The number of amides is 2. The Labute approximate surface area is 138 Å². The van der Waals surface area contributed by atoms with Gasteiger partial charge in [-0.25, -0.2) is 4.79 Å². The number of primary amides is 1. The molecule has 1 aliphatic heterocycles. The molecule has 3 N–H and O–H groups in total. The largest absolute Gasteiger partial charge is 0.507 e. The topological polar surface area (TPSA) is 110 Å². The molecule has 7 nitrogen and oxygen atoms in total. The van der Waals surface area contributed by atoms with E-state index >= 15 is 0 Å². The zero-order chi connectivity index (χ0) is 17.0. The second-order valence-electron chi connectivity index (χ2n) is 5.30. The van der Waals surface area contributed by atoms with Gasteiger partial charge in [-0.2, -0.15) is 0 Å². The number of ether oxygens (including phenoxy) is 1. The van der Waals surface area contributed by atoms with E-state index < -0.39 is 12.6 Å². The molecule has 0 atom stereocenters. The Bertz CT molecular complexity index is 626. The fourth-order valence-electron chi connectivity index (χ4n) is 2.38. The van der Waals surface area contributed by atoms with Crippen LogP contribution in [0.3, 0.4) is 0 Å². The number of phenols is 1. The summed E-state index contributed by atoms with van der Waals surface area (Å²) >= 11 is 5.75. The average molecular weight is 341 g/mol. The van der Waals surface area contributed by atoms with Crippen LogP contribution in [0, 0.1) is 5.92 Å². The molecule has 23 heavy (non-hydrogen) atoms. The maximum absolute atomic E-state index is 12.0. The molecule has 124 valence electrons. The first kappa shape index (κ1) is 17.1. The van der Waals surface area contributed by atoms with Gasteiger partial charge in [0, 0.05) is 24.0 Å². The number of phenolic OH excluding ortho intramolecular Hbond substituents is 1. The summed E-state index contributed by atoms with van der Waals surface area (Å²) in [6, 6.07) is 3.97. The summed E-state index contributed by atoms with van der Waals surface area (Å²) in [5, 5.41) is 9.87. The summed E-state index contributed by atoms with van der Waals surface area (Å²) in [7, 11) is 0. The van der Waals surface area contributed by atoms with Crippen molar-refractivity contribution in [2.24, 2.45) is 11.7 Å². The molecule has 1 aromatic carbocycles. The summed E-state index contributed by atoms with van der Waals surface area (Å²) in [5.74, 6) is -2.03. The number of aromatic hydroxyl groups is 1. The van der Waals surface area contributed by atoms with Gasteiger partial charge in [-0.05, 0) is 31.0 Å². The van der Waals surface area contributed by atoms with Gasteiger partial charge in [0.15, 0.2) is 6.61 Å². The minimum Gasteiger partial charge on any atom is -0.507 e. The molecule has 8 heteroatoms. The predicted molar refractivity (Wildman–Crippen MR) is 81.9 cm³/mol. The van der Waals surface area contributed by atoms with Crippen LogP contribution in [-0.2, 0) is 14.3 Å². The number of likely N-dealkylation sites (tertiary alicyclic amines) is 1. The molecule has 1 heterocycles. The Morgan fingerprint density at radius 1 is 1.30 bits per heavy atom. The number of carbonyl (C=O) groups is 3. The number of hydrogen-bond donors (Lipinski definition) is 2. The highest BCUT2D eigenvalue weighted by Crippen LogP contribution is 2.22. The van der Waals surface area contributed by atoms with Gasteiger partial charge in [0.2, 0.25) is 5.91 Å². The summed E-state index contributed by atoms with van der Waals surface area (Å²) in [4.78, 5) is 36.5. The van der Waals surface area contributed by atoms with Gasteiger partial charge < -0.3 is 20.5 Å². The van der Waals surface area contributed by atoms with E-state index in [2.05, 4.69) is 0 Å². The summed E-state index contributed by atoms with van der Waals surface area (Å²) < 4.78 is 4.91. The lowest BCUT2D eigenvalue weighted by Crippen LogP contribution is -2.43.